The normalized spacial score (nSPS) is 11.5. The van der Waals surface area contributed by atoms with Crippen LogP contribution in [0.1, 0.15) is 68.4 Å². The number of amides is 3. The molecule has 0 spiro atoms. The standard InChI is InChI=1S/C36H47N5O2/c1-7-41(8-2)34(42)36(5,6)29-12-13-32-31(24-29)30(33(40-32)28-22-25(3)21-26(4)23-28)16-20-39-35(43)38-17-10-9-11-27-14-18-37-19-15-27/h12-15,18-19,21-24,40H,7-11,16-17,20H2,1-6H3,(H2,38,39,43). The summed E-state index contributed by atoms with van der Waals surface area (Å²) < 4.78 is 0. The van der Waals surface area contributed by atoms with Crippen LogP contribution in [0.3, 0.4) is 0 Å². The number of nitrogens with one attached hydrogen (secondary N) is 3. The van der Waals surface area contributed by atoms with Crippen LogP contribution in [0.4, 0.5) is 4.79 Å². The molecule has 0 saturated heterocycles. The molecule has 0 bridgehead atoms. The summed E-state index contributed by atoms with van der Waals surface area (Å²) in [5.74, 6) is 0.127. The van der Waals surface area contributed by atoms with Crippen molar-refractivity contribution in [1.82, 2.24) is 25.5 Å². The quantitative estimate of drug-likeness (QED) is 0.151. The zero-order valence-electron chi connectivity index (χ0n) is 26.6. The van der Waals surface area contributed by atoms with Crippen molar-refractivity contribution >= 4 is 22.8 Å². The number of hydrogen-bond acceptors (Lipinski definition) is 3. The Morgan fingerprint density at radius 2 is 1.53 bits per heavy atom. The van der Waals surface area contributed by atoms with Gasteiger partial charge in [-0.25, -0.2) is 4.79 Å². The van der Waals surface area contributed by atoms with Gasteiger partial charge in [0.15, 0.2) is 0 Å². The summed E-state index contributed by atoms with van der Waals surface area (Å²) in [6.07, 6.45) is 7.19. The molecule has 43 heavy (non-hydrogen) atoms. The molecule has 7 nitrogen and oxygen atoms in total. The maximum absolute atomic E-state index is 13.5. The molecule has 3 N–H and O–H groups in total. The summed E-state index contributed by atoms with van der Waals surface area (Å²) in [5, 5.41) is 7.14. The van der Waals surface area contributed by atoms with Crippen LogP contribution >= 0.6 is 0 Å². The molecule has 2 aromatic carbocycles. The molecule has 2 aromatic heterocycles. The Hall–Kier alpha value is -4.13. The minimum atomic E-state index is -0.662. The van der Waals surface area contributed by atoms with E-state index in [1.54, 1.807) is 0 Å². The van der Waals surface area contributed by atoms with Gasteiger partial charge in [-0.1, -0.05) is 23.3 Å². The highest BCUT2D eigenvalue weighted by Crippen LogP contribution is 2.35. The van der Waals surface area contributed by atoms with Gasteiger partial charge in [0.2, 0.25) is 5.91 Å². The fourth-order valence-electron chi connectivity index (χ4n) is 5.86. The first-order valence-electron chi connectivity index (χ1n) is 15.6. The van der Waals surface area contributed by atoms with E-state index in [1.807, 2.05) is 57.1 Å². The number of aryl methyl sites for hydroxylation is 3. The Bertz CT molecular complexity index is 1520. The van der Waals surface area contributed by atoms with Gasteiger partial charge in [0.1, 0.15) is 0 Å². The zero-order valence-corrected chi connectivity index (χ0v) is 26.6. The number of nitrogens with zero attached hydrogens (tertiary/aromatic N) is 2. The van der Waals surface area contributed by atoms with E-state index in [-0.39, 0.29) is 11.9 Å². The molecule has 2 heterocycles. The first-order valence-corrected chi connectivity index (χ1v) is 15.6. The molecular formula is C36H47N5O2. The van der Waals surface area contributed by atoms with Crippen LogP contribution in [0.5, 0.6) is 0 Å². The van der Waals surface area contributed by atoms with Crippen molar-refractivity contribution in [2.45, 2.75) is 72.6 Å². The van der Waals surface area contributed by atoms with Crippen LogP contribution in [-0.4, -0.2) is 53.0 Å². The summed E-state index contributed by atoms with van der Waals surface area (Å²) in [6, 6.07) is 16.8. The molecule has 0 aliphatic rings. The second-order valence-electron chi connectivity index (χ2n) is 12.0. The number of aromatic nitrogens is 2. The smallest absolute Gasteiger partial charge is 0.314 e. The van der Waals surface area contributed by atoms with Gasteiger partial charge in [-0.2, -0.15) is 0 Å². The lowest BCUT2D eigenvalue weighted by Gasteiger charge is -2.31. The summed E-state index contributed by atoms with van der Waals surface area (Å²) in [7, 11) is 0. The first kappa shape index (κ1) is 31.8. The van der Waals surface area contributed by atoms with Gasteiger partial charge in [0.05, 0.1) is 5.41 Å². The van der Waals surface area contributed by atoms with Crippen LogP contribution in [0.2, 0.25) is 0 Å². The largest absolute Gasteiger partial charge is 0.354 e. The average Bonchev–Trinajstić information content (AvgIpc) is 3.35. The molecule has 0 saturated carbocycles. The van der Waals surface area contributed by atoms with E-state index in [4.69, 9.17) is 0 Å². The Labute approximate surface area is 256 Å². The van der Waals surface area contributed by atoms with E-state index >= 15 is 0 Å². The predicted octanol–water partition coefficient (Wildman–Crippen LogP) is 6.86. The summed E-state index contributed by atoms with van der Waals surface area (Å²) in [4.78, 5) is 35.7. The third kappa shape index (κ3) is 7.83. The van der Waals surface area contributed by atoms with E-state index < -0.39 is 5.41 Å². The first-order chi connectivity index (χ1) is 20.6. The molecule has 0 atom stereocenters. The number of pyridine rings is 1. The van der Waals surface area contributed by atoms with Crippen molar-refractivity contribution in [1.29, 1.82) is 0 Å². The van der Waals surface area contributed by atoms with Crippen LogP contribution in [0, 0.1) is 13.8 Å². The second-order valence-corrected chi connectivity index (χ2v) is 12.0. The fraction of sp³-hybridized carbons (Fsp3) is 0.417. The fourth-order valence-corrected chi connectivity index (χ4v) is 5.86. The van der Waals surface area contributed by atoms with Gasteiger partial charge in [-0.15, -0.1) is 0 Å². The molecule has 0 radical (unpaired) electrons. The molecule has 0 aliphatic carbocycles. The lowest BCUT2D eigenvalue weighted by molar-refractivity contribution is -0.135. The van der Waals surface area contributed by atoms with Crippen LogP contribution in [-0.2, 0) is 23.1 Å². The number of carbonyl (C=O) groups is 2. The number of unbranched alkanes of at least 4 members (excludes halogenated alkanes) is 1. The third-order valence-electron chi connectivity index (χ3n) is 8.31. The number of carbonyl (C=O) groups excluding carboxylic acids is 2. The number of fused-ring (bicyclic) bond motifs is 1. The van der Waals surface area contributed by atoms with E-state index in [2.05, 4.69) is 70.8 Å². The van der Waals surface area contributed by atoms with E-state index in [0.717, 1.165) is 52.5 Å². The maximum atomic E-state index is 13.5. The number of urea groups is 1. The van der Waals surface area contributed by atoms with Gasteiger partial charge in [-0.3, -0.25) is 9.78 Å². The molecule has 0 fully saturated rings. The molecule has 228 valence electrons. The van der Waals surface area contributed by atoms with E-state index in [1.165, 1.54) is 16.7 Å². The van der Waals surface area contributed by atoms with Gasteiger partial charge in [0.25, 0.3) is 0 Å². The van der Waals surface area contributed by atoms with Crippen molar-refractivity contribution in [2.24, 2.45) is 0 Å². The molecular weight excluding hydrogens is 534 g/mol. The van der Waals surface area contributed by atoms with Gasteiger partial charge in [-0.05, 0) is 126 Å². The Balaban J connectivity index is 1.51. The van der Waals surface area contributed by atoms with E-state index in [0.29, 0.717) is 32.6 Å². The SMILES string of the molecule is CCN(CC)C(=O)C(C)(C)c1ccc2[nH]c(-c3cc(C)cc(C)c3)c(CCNC(=O)NCCCCc3ccncc3)c2c1. The Morgan fingerprint density at radius 3 is 2.21 bits per heavy atom. The lowest BCUT2D eigenvalue weighted by atomic mass is 9.82. The van der Waals surface area contributed by atoms with Gasteiger partial charge >= 0.3 is 6.03 Å². The van der Waals surface area contributed by atoms with Crippen molar-refractivity contribution in [3.05, 3.63) is 88.7 Å². The number of likely N-dealkylation sites (N-methyl/N-ethyl adjacent to an activating group) is 1. The number of H-pyrrole nitrogens is 1. The summed E-state index contributed by atoms with van der Waals surface area (Å²) >= 11 is 0. The molecule has 7 heteroatoms. The highest BCUT2D eigenvalue weighted by Gasteiger charge is 2.33. The van der Waals surface area contributed by atoms with Gasteiger partial charge in [0, 0.05) is 55.2 Å². The van der Waals surface area contributed by atoms with Crippen molar-refractivity contribution in [2.75, 3.05) is 26.2 Å². The van der Waals surface area contributed by atoms with Crippen LogP contribution in [0.25, 0.3) is 22.2 Å². The Kier molecular flexibility index (Phi) is 10.6. The van der Waals surface area contributed by atoms with Gasteiger partial charge < -0.3 is 20.5 Å². The Morgan fingerprint density at radius 1 is 0.860 bits per heavy atom. The number of hydrogen-bond donors (Lipinski definition) is 3. The third-order valence-corrected chi connectivity index (χ3v) is 8.31. The minimum Gasteiger partial charge on any atom is -0.354 e. The van der Waals surface area contributed by atoms with Crippen molar-refractivity contribution in [3.8, 4) is 11.3 Å². The average molecular weight is 582 g/mol. The van der Waals surface area contributed by atoms with E-state index in [9.17, 15) is 9.59 Å². The molecule has 4 aromatic rings. The highest BCUT2D eigenvalue weighted by atomic mass is 16.2. The molecule has 3 amide bonds. The second kappa shape index (κ2) is 14.4. The number of aromatic amines is 1. The van der Waals surface area contributed by atoms with Crippen molar-refractivity contribution < 1.29 is 9.59 Å². The topological polar surface area (TPSA) is 90.1 Å². The predicted molar refractivity (Wildman–Crippen MR) is 176 cm³/mol. The zero-order chi connectivity index (χ0) is 31.0. The number of benzene rings is 2. The molecule has 0 unspecified atom stereocenters. The minimum absolute atomic E-state index is 0.127. The summed E-state index contributed by atoms with van der Waals surface area (Å²) in [6.45, 7) is 14.8. The highest BCUT2D eigenvalue weighted by molar-refractivity contribution is 5.94. The molecule has 0 aliphatic heterocycles. The monoisotopic (exact) mass is 581 g/mol. The van der Waals surface area contributed by atoms with Crippen LogP contribution < -0.4 is 10.6 Å². The number of rotatable bonds is 13. The lowest BCUT2D eigenvalue weighted by Crippen LogP contribution is -2.43. The van der Waals surface area contributed by atoms with Crippen LogP contribution in [0.15, 0.2) is 60.9 Å². The van der Waals surface area contributed by atoms with Crippen molar-refractivity contribution in [3.63, 3.8) is 0 Å². The molecule has 4 rings (SSSR count). The summed E-state index contributed by atoms with van der Waals surface area (Å²) in [5.41, 5.74) is 8.35. The maximum Gasteiger partial charge on any atom is 0.314 e.